The molecule has 0 bridgehead atoms. The zero-order chi connectivity index (χ0) is 20.1. The smallest absolute Gasteiger partial charge is 0.243 e. The highest BCUT2D eigenvalue weighted by molar-refractivity contribution is 6.01. The number of nitrogens with one attached hydrogen (secondary N) is 2. The maximum Gasteiger partial charge on any atom is 0.243 e. The van der Waals surface area contributed by atoms with Gasteiger partial charge in [0.15, 0.2) is 5.78 Å². The van der Waals surface area contributed by atoms with Crippen LogP contribution in [0.1, 0.15) is 23.7 Å². The molecule has 1 aliphatic heterocycles. The first-order valence-corrected chi connectivity index (χ1v) is 8.98. The number of anilines is 2. The minimum absolute atomic E-state index is 0.0548. The van der Waals surface area contributed by atoms with Crippen molar-refractivity contribution >= 4 is 34.9 Å². The summed E-state index contributed by atoms with van der Waals surface area (Å²) in [4.78, 5) is 49.4. The fraction of sp³-hybridized carbons (Fsp3) is 0.238. The van der Waals surface area contributed by atoms with Crippen molar-refractivity contribution in [3.05, 3.63) is 60.2 Å². The molecule has 2 N–H and O–H groups in total. The summed E-state index contributed by atoms with van der Waals surface area (Å²) >= 11 is 0. The number of rotatable bonds is 6. The van der Waals surface area contributed by atoms with E-state index in [1.165, 1.54) is 6.92 Å². The second-order valence-corrected chi connectivity index (χ2v) is 6.64. The van der Waals surface area contributed by atoms with Gasteiger partial charge < -0.3 is 15.5 Å². The molecule has 2 aromatic carbocycles. The number of amides is 3. The van der Waals surface area contributed by atoms with E-state index in [1.54, 1.807) is 29.2 Å². The molecule has 3 rings (SSSR count). The van der Waals surface area contributed by atoms with E-state index in [2.05, 4.69) is 10.6 Å². The molecule has 144 valence electrons. The summed E-state index contributed by atoms with van der Waals surface area (Å²) in [5, 5.41) is 5.24. The maximum atomic E-state index is 12.3. The highest BCUT2D eigenvalue weighted by atomic mass is 16.2. The molecule has 28 heavy (non-hydrogen) atoms. The molecule has 0 saturated carbocycles. The molecule has 0 spiro atoms. The van der Waals surface area contributed by atoms with Crippen molar-refractivity contribution in [3.8, 4) is 0 Å². The summed E-state index contributed by atoms with van der Waals surface area (Å²) < 4.78 is 0. The van der Waals surface area contributed by atoms with Gasteiger partial charge in [0, 0.05) is 29.9 Å². The third-order valence-electron chi connectivity index (χ3n) is 4.56. The van der Waals surface area contributed by atoms with Gasteiger partial charge in [-0.1, -0.05) is 18.2 Å². The third-order valence-corrected chi connectivity index (χ3v) is 4.56. The molecule has 1 heterocycles. The van der Waals surface area contributed by atoms with Gasteiger partial charge in [0.25, 0.3) is 0 Å². The normalized spacial score (nSPS) is 16.0. The molecule has 1 fully saturated rings. The van der Waals surface area contributed by atoms with E-state index in [0.717, 1.165) is 5.69 Å². The van der Waals surface area contributed by atoms with Crippen LogP contribution in [0.2, 0.25) is 0 Å². The monoisotopic (exact) mass is 379 g/mol. The van der Waals surface area contributed by atoms with Crippen molar-refractivity contribution in [3.63, 3.8) is 0 Å². The highest BCUT2D eigenvalue weighted by Crippen LogP contribution is 2.24. The van der Waals surface area contributed by atoms with Gasteiger partial charge in [-0.2, -0.15) is 0 Å². The quantitative estimate of drug-likeness (QED) is 0.751. The Morgan fingerprint density at radius 1 is 1.04 bits per heavy atom. The first kappa shape index (κ1) is 19.3. The van der Waals surface area contributed by atoms with Crippen molar-refractivity contribution < 1.29 is 19.2 Å². The number of carbonyl (C=O) groups excluding carboxylic acids is 4. The predicted octanol–water partition coefficient (Wildman–Crippen LogP) is 2.00. The van der Waals surface area contributed by atoms with E-state index in [0.29, 0.717) is 17.8 Å². The van der Waals surface area contributed by atoms with E-state index in [9.17, 15) is 19.2 Å². The number of para-hydroxylation sites is 1. The minimum Gasteiger partial charge on any atom is -0.347 e. The van der Waals surface area contributed by atoms with E-state index >= 15 is 0 Å². The Morgan fingerprint density at radius 3 is 2.36 bits per heavy atom. The maximum absolute atomic E-state index is 12.3. The molecular formula is C21H21N3O4. The van der Waals surface area contributed by atoms with Crippen molar-refractivity contribution in [2.45, 2.75) is 13.3 Å². The Hall–Kier alpha value is -3.48. The van der Waals surface area contributed by atoms with Gasteiger partial charge in [0.2, 0.25) is 17.7 Å². The van der Waals surface area contributed by atoms with Crippen LogP contribution in [0.3, 0.4) is 0 Å². The van der Waals surface area contributed by atoms with Crippen molar-refractivity contribution in [2.75, 3.05) is 23.3 Å². The van der Waals surface area contributed by atoms with E-state index in [1.807, 2.05) is 30.3 Å². The molecule has 0 aliphatic carbocycles. The van der Waals surface area contributed by atoms with Crippen LogP contribution in [0.5, 0.6) is 0 Å². The Labute approximate surface area is 162 Å². The minimum atomic E-state index is -0.490. The molecule has 0 unspecified atom stereocenters. The zero-order valence-corrected chi connectivity index (χ0v) is 15.5. The van der Waals surface area contributed by atoms with Crippen LogP contribution < -0.4 is 15.5 Å². The number of hydrogen-bond acceptors (Lipinski definition) is 4. The molecule has 2 aromatic rings. The number of benzene rings is 2. The Balaban J connectivity index is 1.49. The third kappa shape index (κ3) is 4.62. The summed E-state index contributed by atoms with van der Waals surface area (Å²) in [6.45, 7) is 1.57. The molecule has 7 nitrogen and oxygen atoms in total. The van der Waals surface area contributed by atoms with Gasteiger partial charge >= 0.3 is 0 Å². The SMILES string of the molecule is CC(=O)c1ccc(NC(=O)CNC(=O)[C@H]2CC(=O)N(c3ccccc3)C2)cc1. The van der Waals surface area contributed by atoms with Gasteiger partial charge in [-0.05, 0) is 43.3 Å². The summed E-state index contributed by atoms with van der Waals surface area (Å²) in [6.07, 6.45) is 0.120. The summed E-state index contributed by atoms with van der Waals surface area (Å²) in [7, 11) is 0. The lowest BCUT2D eigenvalue weighted by molar-refractivity contribution is -0.127. The summed E-state index contributed by atoms with van der Waals surface area (Å²) in [6, 6.07) is 15.7. The second kappa shape index (κ2) is 8.47. The lowest BCUT2D eigenvalue weighted by atomic mass is 10.1. The molecule has 1 aliphatic rings. The number of hydrogen-bond donors (Lipinski definition) is 2. The van der Waals surface area contributed by atoms with E-state index in [-0.39, 0.29) is 36.5 Å². The molecule has 0 radical (unpaired) electrons. The molecule has 7 heteroatoms. The van der Waals surface area contributed by atoms with Gasteiger partial charge in [0.1, 0.15) is 0 Å². The number of Topliss-reactive ketones (excluding diaryl/α,β-unsaturated/α-hetero) is 1. The van der Waals surface area contributed by atoms with Gasteiger partial charge in [-0.3, -0.25) is 19.2 Å². The van der Waals surface area contributed by atoms with Gasteiger partial charge in [0.05, 0.1) is 12.5 Å². The fourth-order valence-corrected chi connectivity index (χ4v) is 3.05. The fourth-order valence-electron chi connectivity index (χ4n) is 3.05. The van der Waals surface area contributed by atoms with Crippen LogP contribution in [0.4, 0.5) is 11.4 Å². The molecule has 1 saturated heterocycles. The van der Waals surface area contributed by atoms with Crippen LogP contribution >= 0.6 is 0 Å². The molecular weight excluding hydrogens is 358 g/mol. The van der Waals surface area contributed by atoms with Crippen molar-refractivity contribution in [2.24, 2.45) is 5.92 Å². The largest absolute Gasteiger partial charge is 0.347 e. The predicted molar refractivity (Wildman–Crippen MR) is 105 cm³/mol. The second-order valence-electron chi connectivity index (χ2n) is 6.64. The topological polar surface area (TPSA) is 95.6 Å². The number of nitrogens with zero attached hydrogens (tertiary/aromatic N) is 1. The van der Waals surface area contributed by atoms with Crippen LogP contribution in [-0.4, -0.2) is 36.6 Å². The number of ketones is 1. The molecule has 1 atom stereocenters. The number of carbonyl (C=O) groups is 4. The van der Waals surface area contributed by atoms with Gasteiger partial charge in [-0.25, -0.2) is 0 Å². The zero-order valence-electron chi connectivity index (χ0n) is 15.5. The molecule has 3 amide bonds. The Morgan fingerprint density at radius 2 is 1.71 bits per heavy atom. The Bertz CT molecular complexity index is 894. The molecule has 0 aromatic heterocycles. The van der Waals surface area contributed by atoms with Crippen LogP contribution in [0.15, 0.2) is 54.6 Å². The average Bonchev–Trinajstić information content (AvgIpc) is 3.09. The lowest BCUT2D eigenvalue weighted by Crippen LogP contribution is -2.37. The highest BCUT2D eigenvalue weighted by Gasteiger charge is 2.35. The Kier molecular flexibility index (Phi) is 5.84. The van der Waals surface area contributed by atoms with E-state index < -0.39 is 5.92 Å². The van der Waals surface area contributed by atoms with E-state index in [4.69, 9.17) is 0 Å². The van der Waals surface area contributed by atoms with Gasteiger partial charge in [-0.15, -0.1) is 0 Å². The summed E-state index contributed by atoms with van der Waals surface area (Å²) in [5.74, 6) is -1.36. The van der Waals surface area contributed by atoms with Crippen LogP contribution in [0.25, 0.3) is 0 Å². The first-order chi connectivity index (χ1) is 13.4. The van der Waals surface area contributed by atoms with Crippen molar-refractivity contribution in [1.82, 2.24) is 5.32 Å². The lowest BCUT2D eigenvalue weighted by Gasteiger charge is -2.16. The van der Waals surface area contributed by atoms with Crippen LogP contribution in [0, 0.1) is 5.92 Å². The average molecular weight is 379 g/mol. The van der Waals surface area contributed by atoms with Crippen LogP contribution in [-0.2, 0) is 14.4 Å². The standard InChI is InChI=1S/C21H21N3O4/c1-14(25)15-7-9-17(10-8-15)23-19(26)12-22-21(28)16-11-20(27)24(13-16)18-5-3-2-4-6-18/h2-10,16H,11-13H2,1H3,(H,22,28)(H,23,26)/t16-/m0/s1. The summed E-state index contributed by atoms with van der Waals surface area (Å²) in [5.41, 5.74) is 1.85. The first-order valence-electron chi connectivity index (χ1n) is 8.98. The van der Waals surface area contributed by atoms with Crippen molar-refractivity contribution in [1.29, 1.82) is 0 Å².